The minimum atomic E-state index is -0.885. The lowest BCUT2D eigenvalue weighted by atomic mass is 9.98. The van der Waals surface area contributed by atoms with Crippen LogP contribution < -0.4 is 4.74 Å². The van der Waals surface area contributed by atoms with Gasteiger partial charge in [0.25, 0.3) is 0 Å². The number of hydrogen-bond donors (Lipinski definition) is 2. The molecule has 28 heavy (non-hydrogen) atoms. The summed E-state index contributed by atoms with van der Waals surface area (Å²) < 4.78 is 19.2. The Balaban J connectivity index is 1.84. The van der Waals surface area contributed by atoms with Gasteiger partial charge in [0.15, 0.2) is 5.83 Å². The van der Waals surface area contributed by atoms with E-state index >= 15 is 0 Å². The highest BCUT2D eigenvalue weighted by atomic mass is 19.1. The monoisotopic (exact) mass is 388 g/mol. The topological polar surface area (TPSA) is 83.8 Å². The van der Waals surface area contributed by atoms with E-state index in [4.69, 9.17) is 9.84 Å². The average Bonchev–Trinajstić information content (AvgIpc) is 2.95. The molecule has 0 heterocycles. The predicted molar refractivity (Wildman–Crippen MR) is 104 cm³/mol. The van der Waals surface area contributed by atoms with Crippen molar-refractivity contribution in [2.45, 2.75) is 38.2 Å². The molecule has 0 amide bonds. The first-order valence-electron chi connectivity index (χ1n) is 9.35. The third-order valence-corrected chi connectivity index (χ3v) is 4.33. The first-order valence-corrected chi connectivity index (χ1v) is 9.35. The lowest BCUT2D eigenvalue weighted by molar-refractivity contribution is -0.137. The van der Waals surface area contributed by atoms with Crippen LogP contribution in [0.5, 0.6) is 5.75 Å². The fourth-order valence-electron chi connectivity index (χ4n) is 2.86. The molecule has 6 heteroatoms. The summed E-state index contributed by atoms with van der Waals surface area (Å²) in [5.74, 6) is -2.12. The summed E-state index contributed by atoms with van der Waals surface area (Å²) >= 11 is 0. The first-order chi connectivity index (χ1) is 13.5. The predicted octanol–water partition coefficient (Wildman–Crippen LogP) is 4.00. The molecule has 0 saturated heterocycles. The molecule has 2 unspecified atom stereocenters. The van der Waals surface area contributed by atoms with Gasteiger partial charge in [-0.25, -0.2) is 4.39 Å². The van der Waals surface area contributed by atoms with Crippen LogP contribution in [0.4, 0.5) is 4.39 Å². The molecular formula is C22H25FO5. The number of ether oxygens (including phenoxy) is 1. The van der Waals surface area contributed by atoms with Gasteiger partial charge in [-0.15, -0.1) is 0 Å². The molecule has 0 aliphatic heterocycles. The number of carboxylic acid groups (broad SMARTS) is 1. The summed E-state index contributed by atoms with van der Waals surface area (Å²) in [4.78, 5) is 22.4. The molecule has 1 aliphatic carbocycles. The highest BCUT2D eigenvalue weighted by molar-refractivity contribution is 6.10. The van der Waals surface area contributed by atoms with E-state index in [2.05, 4.69) is 0 Å². The van der Waals surface area contributed by atoms with Gasteiger partial charge in [-0.1, -0.05) is 42.8 Å². The molecule has 1 aromatic carbocycles. The Morgan fingerprint density at radius 3 is 2.68 bits per heavy atom. The van der Waals surface area contributed by atoms with Gasteiger partial charge in [0.1, 0.15) is 18.5 Å². The van der Waals surface area contributed by atoms with Crippen LogP contribution >= 0.6 is 0 Å². The van der Waals surface area contributed by atoms with Gasteiger partial charge >= 0.3 is 5.97 Å². The zero-order valence-corrected chi connectivity index (χ0v) is 15.6. The molecule has 150 valence electrons. The Labute approximate surface area is 163 Å². The van der Waals surface area contributed by atoms with E-state index in [1.54, 1.807) is 24.3 Å². The second kappa shape index (κ2) is 11.2. The normalized spacial score (nSPS) is 19.2. The van der Waals surface area contributed by atoms with Crippen LogP contribution in [-0.4, -0.2) is 34.7 Å². The molecule has 1 aromatic rings. The lowest BCUT2D eigenvalue weighted by Crippen LogP contribution is -2.15. The SMILES string of the molecule is O=C(O)CCCCCC=C1C(=O)C(F)=CC1C=CC(O)COc1ccccc1. The van der Waals surface area contributed by atoms with Gasteiger partial charge in [0.2, 0.25) is 5.78 Å². The lowest BCUT2D eigenvalue weighted by Gasteiger charge is -2.10. The van der Waals surface area contributed by atoms with Crippen molar-refractivity contribution in [3.05, 3.63) is 66.0 Å². The van der Waals surface area contributed by atoms with E-state index in [1.807, 2.05) is 18.2 Å². The summed E-state index contributed by atoms with van der Waals surface area (Å²) in [6.45, 7) is 0.0516. The fourth-order valence-corrected chi connectivity index (χ4v) is 2.86. The van der Waals surface area contributed by atoms with Gasteiger partial charge in [0.05, 0.1) is 0 Å². The zero-order chi connectivity index (χ0) is 20.4. The molecule has 2 atom stereocenters. The molecule has 2 N–H and O–H groups in total. The van der Waals surface area contributed by atoms with E-state index in [-0.39, 0.29) is 13.0 Å². The van der Waals surface area contributed by atoms with Crippen LogP contribution in [0.1, 0.15) is 32.1 Å². The average molecular weight is 388 g/mol. The minimum absolute atomic E-state index is 0.0516. The molecule has 5 nitrogen and oxygen atoms in total. The molecule has 0 spiro atoms. The number of hydrogen-bond acceptors (Lipinski definition) is 4. The van der Waals surface area contributed by atoms with E-state index < -0.39 is 29.6 Å². The maximum Gasteiger partial charge on any atom is 0.303 e. The zero-order valence-electron chi connectivity index (χ0n) is 15.6. The number of unbranched alkanes of at least 4 members (excludes halogenated alkanes) is 3. The van der Waals surface area contributed by atoms with Crippen molar-refractivity contribution in [3.8, 4) is 5.75 Å². The number of carbonyl (C=O) groups excluding carboxylic acids is 1. The summed E-state index contributed by atoms with van der Waals surface area (Å²) in [5.41, 5.74) is 0.350. The van der Waals surface area contributed by atoms with Crippen molar-refractivity contribution in [3.63, 3.8) is 0 Å². The van der Waals surface area contributed by atoms with Gasteiger partial charge in [0, 0.05) is 17.9 Å². The summed E-state index contributed by atoms with van der Waals surface area (Å²) in [7, 11) is 0. The quantitative estimate of drug-likeness (QED) is 0.340. The van der Waals surface area contributed by atoms with Gasteiger partial charge in [-0.05, 0) is 37.5 Å². The maximum absolute atomic E-state index is 13.7. The number of Topliss-reactive ketones (excluding diaryl/α,β-unsaturated/α-hetero) is 1. The Kier molecular flexibility index (Phi) is 8.62. The van der Waals surface area contributed by atoms with Crippen LogP contribution in [0.3, 0.4) is 0 Å². The fraction of sp³-hybridized carbons (Fsp3) is 0.364. The van der Waals surface area contributed by atoms with E-state index in [1.165, 1.54) is 12.2 Å². The Hall–Kier alpha value is -2.73. The molecule has 0 radical (unpaired) electrons. The summed E-state index contributed by atoms with van der Waals surface area (Å²) in [5, 5.41) is 18.6. The van der Waals surface area contributed by atoms with Gasteiger partial charge in [-0.3, -0.25) is 9.59 Å². The molecule has 0 bridgehead atoms. The van der Waals surface area contributed by atoms with Gasteiger partial charge < -0.3 is 14.9 Å². The van der Waals surface area contributed by atoms with Crippen molar-refractivity contribution < 1.29 is 28.9 Å². The summed E-state index contributed by atoms with van der Waals surface area (Å²) in [6.07, 6.45) is 7.89. The Bertz CT molecular complexity index is 751. The third kappa shape index (κ3) is 7.12. The van der Waals surface area contributed by atoms with Crippen LogP contribution in [-0.2, 0) is 9.59 Å². The number of para-hydroxylation sites is 1. The number of carboxylic acids is 1. The highest BCUT2D eigenvalue weighted by Gasteiger charge is 2.28. The molecule has 0 aromatic heterocycles. The molecule has 0 saturated carbocycles. The number of benzene rings is 1. The number of carbonyl (C=O) groups is 2. The second-order valence-corrected chi connectivity index (χ2v) is 6.60. The second-order valence-electron chi connectivity index (χ2n) is 6.60. The van der Waals surface area contributed by atoms with Crippen LogP contribution in [0.15, 0.2) is 66.0 Å². The number of allylic oxidation sites excluding steroid dienone is 5. The van der Waals surface area contributed by atoms with Crippen molar-refractivity contribution in [2.24, 2.45) is 5.92 Å². The van der Waals surface area contributed by atoms with Crippen molar-refractivity contribution in [2.75, 3.05) is 6.61 Å². The van der Waals surface area contributed by atoms with Gasteiger partial charge in [-0.2, -0.15) is 0 Å². The number of aliphatic hydroxyl groups is 1. The van der Waals surface area contributed by atoms with Crippen molar-refractivity contribution >= 4 is 11.8 Å². The third-order valence-electron chi connectivity index (χ3n) is 4.33. The summed E-state index contributed by atoms with van der Waals surface area (Å²) in [6, 6.07) is 9.08. The standard InChI is InChI=1S/C22H25FO5/c23-20-14-16(12-13-17(24)15-28-18-8-4-3-5-9-18)19(22(20)27)10-6-1-2-7-11-21(25)26/h3-5,8-10,12-14,16-17,24H,1-2,6-7,11,15H2,(H,25,26). The number of rotatable bonds is 11. The Morgan fingerprint density at radius 1 is 1.21 bits per heavy atom. The van der Waals surface area contributed by atoms with Crippen molar-refractivity contribution in [1.29, 1.82) is 0 Å². The minimum Gasteiger partial charge on any atom is -0.491 e. The number of aliphatic hydroxyl groups excluding tert-OH is 1. The Morgan fingerprint density at radius 2 is 1.96 bits per heavy atom. The van der Waals surface area contributed by atoms with Crippen LogP contribution in [0.2, 0.25) is 0 Å². The molecule has 2 rings (SSSR count). The smallest absolute Gasteiger partial charge is 0.303 e. The largest absolute Gasteiger partial charge is 0.491 e. The van der Waals surface area contributed by atoms with Crippen molar-refractivity contribution in [1.82, 2.24) is 0 Å². The van der Waals surface area contributed by atoms with E-state index in [0.717, 1.165) is 12.8 Å². The maximum atomic E-state index is 13.7. The van der Waals surface area contributed by atoms with Crippen LogP contribution in [0.25, 0.3) is 0 Å². The van der Waals surface area contributed by atoms with E-state index in [9.17, 15) is 19.1 Å². The number of ketones is 1. The van der Waals surface area contributed by atoms with Crippen LogP contribution in [0, 0.1) is 5.92 Å². The molecule has 1 aliphatic rings. The number of halogens is 1. The molecule has 0 fully saturated rings. The highest BCUT2D eigenvalue weighted by Crippen LogP contribution is 2.29. The number of aliphatic carboxylic acids is 1. The van der Waals surface area contributed by atoms with E-state index in [0.29, 0.717) is 24.2 Å². The first kappa shape index (κ1) is 21.6. The molecular weight excluding hydrogens is 363 g/mol.